The molecule has 2 aromatic rings. The van der Waals surface area contributed by atoms with Gasteiger partial charge in [0, 0.05) is 11.6 Å². The van der Waals surface area contributed by atoms with Crippen LogP contribution in [0.15, 0.2) is 18.3 Å². The third-order valence-corrected chi connectivity index (χ3v) is 1.80. The molecule has 0 aliphatic rings. The van der Waals surface area contributed by atoms with Gasteiger partial charge in [0.25, 0.3) is 0 Å². The number of nitrogens with zero attached hydrogens (tertiary/aromatic N) is 1. The van der Waals surface area contributed by atoms with Crippen molar-refractivity contribution in [3.8, 4) is 0 Å². The number of nitrogens with two attached hydrogens (primary N) is 1. The minimum Gasteiger partial charge on any atom is -0.385 e. The molecule has 4 heteroatoms. The lowest BCUT2D eigenvalue weighted by atomic mass is 10.3. The number of hydrogen-bond donors (Lipinski definition) is 2. The highest BCUT2D eigenvalue weighted by Gasteiger charge is 2.01. The van der Waals surface area contributed by atoms with E-state index in [9.17, 15) is 0 Å². The number of rotatable bonds is 0. The largest absolute Gasteiger partial charge is 0.385 e. The van der Waals surface area contributed by atoms with Crippen molar-refractivity contribution in [2.24, 2.45) is 0 Å². The van der Waals surface area contributed by atoms with Gasteiger partial charge in [-0.05, 0) is 12.1 Å². The van der Waals surface area contributed by atoms with Gasteiger partial charge in [0.2, 0.25) is 0 Å². The first-order chi connectivity index (χ1) is 5.27. The molecular weight excluding hydrogens is 162 g/mol. The zero-order valence-corrected chi connectivity index (χ0v) is 6.39. The fourth-order valence-corrected chi connectivity index (χ4v) is 1.25. The molecule has 0 amide bonds. The summed E-state index contributed by atoms with van der Waals surface area (Å²) in [5, 5.41) is 1.45. The van der Waals surface area contributed by atoms with E-state index in [0.29, 0.717) is 11.0 Å². The fraction of sp³-hybridized carbons (Fsp3) is 0. The first-order valence-corrected chi connectivity index (χ1v) is 3.54. The summed E-state index contributed by atoms with van der Waals surface area (Å²) >= 11 is 5.77. The van der Waals surface area contributed by atoms with Crippen LogP contribution in [0.25, 0.3) is 10.9 Å². The average Bonchev–Trinajstić information content (AvgIpc) is 2.31. The van der Waals surface area contributed by atoms with Gasteiger partial charge in [-0.25, -0.2) is 4.98 Å². The highest BCUT2D eigenvalue weighted by atomic mass is 35.5. The van der Waals surface area contributed by atoms with Gasteiger partial charge in [-0.3, -0.25) is 0 Å². The Labute approximate surface area is 68.2 Å². The Kier molecular flexibility index (Phi) is 1.26. The Morgan fingerprint density at radius 3 is 3.09 bits per heavy atom. The first-order valence-electron chi connectivity index (χ1n) is 3.16. The molecule has 0 atom stereocenters. The van der Waals surface area contributed by atoms with E-state index in [-0.39, 0.29) is 0 Å². The smallest absolute Gasteiger partial charge is 0.153 e. The molecule has 56 valence electrons. The van der Waals surface area contributed by atoms with E-state index in [1.165, 1.54) is 0 Å². The topological polar surface area (TPSA) is 54.7 Å². The van der Waals surface area contributed by atoms with E-state index in [1.54, 1.807) is 6.20 Å². The maximum absolute atomic E-state index is 5.77. The zero-order chi connectivity index (χ0) is 7.84. The van der Waals surface area contributed by atoms with Crippen molar-refractivity contribution in [1.29, 1.82) is 0 Å². The number of aromatic amines is 1. The van der Waals surface area contributed by atoms with E-state index >= 15 is 0 Å². The number of nitrogens with one attached hydrogen (secondary N) is 1. The molecule has 2 heterocycles. The molecular formula is C7H6ClN3. The van der Waals surface area contributed by atoms with Crippen LogP contribution in [0.2, 0.25) is 5.15 Å². The van der Waals surface area contributed by atoms with Gasteiger partial charge >= 0.3 is 0 Å². The molecule has 0 aliphatic heterocycles. The van der Waals surface area contributed by atoms with Crippen molar-refractivity contribution in [3.05, 3.63) is 23.5 Å². The summed E-state index contributed by atoms with van der Waals surface area (Å²) in [7, 11) is 0. The molecule has 0 radical (unpaired) electrons. The summed E-state index contributed by atoms with van der Waals surface area (Å²) in [4.78, 5) is 6.81. The van der Waals surface area contributed by atoms with Crippen molar-refractivity contribution in [1.82, 2.24) is 9.97 Å². The lowest BCUT2D eigenvalue weighted by molar-refractivity contribution is 1.34. The van der Waals surface area contributed by atoms with Crippen molar-refractivity contribution in [2.75, 3.05) is 5.73 Å². The number of nitrogen functional groups attached to an aromatic ring is 1. The van der Waals surface area contributed by atoms with Crippen molar-refractivity contribution in [3.63, 3.8) is 0 Å². The Bertz CT molecular complexity index is 393. The number of pyridine rings is 1. The summed E-state index contributed by atoms with van der Waals surface area (Å²) in [6.45, 7) is 0. The molecule has 0 aromatic carbocycles. The van der Waals surface area contributed by atoms with E-state index in [4.69, 9.17) is 17.3 Å². The normalized spacial score (nSPS) is 10.6. The van der Waals surface area contributed by atoms with Crippen LogP contribution in [0.1, 0.15) is 0 Å². The highest BCUT2D eigenvalue weighted by molar-refractivity contribution is 6.33. The van der Waals surface area contributed by atoms with Crippen molar-refractivity contribution < 1.29 is 0 Å². The molecule has 0 spiro atoms. The number of aromatic nitrogens is 2. The van der Waals surface area contributed by atoms with E-state index in [1.807, 2.05) is 12.1 Å². The minimum absolute atomic E-state index is 0.458. The monoisotopic (exact) mass is 167 g/mol. The van der Waals surface area contributed by atoms with Crippen LogP contribution >= 0.6 is 11.6 Å². The van der Waals surface area contributed by atoms with Gasteiger partial charge in [-0.2, -0.15) is 0 Å². The molecule has 0 fully saturated rings. The number of fused-ring (bicyclic) bond motifs is 1. The van der Waals surface area contributed by atoms with Gasteiger partial charge in [0.05, 0.1) is 5.52 Å². The fourth-order valence-electron chi connectivity index (χ4n) is 1.04. The second-order valence-electron chi connectivity index (χ2n) is 2.29. The second-order valence-corrected chi connectivity index (χ2v) is 2.65. The molecule has 0 saturated carbocycles. The number of anilines is 1. The zero-order valence-electron chi connectivity index (χ0n) is 5.63. The summed E-state index contributed by atoms with van der Waals surface area (Å²) < 4.78 is 0. The summed E-state index contributed by atoms with van der Waals surface area (Å²) in [5.74, 6) is 0.606. The van der Waals surface area contributed by atoms with Gasteiger partial charge in [-0.1, -0.05) is 11.6 Å². The van der Waals surface area contributed by atoms with Crippen LogP contribution in [-0.4, -0.2) is 9.97 Å². The van der Waals surface area contributed by atoms with Crippen LogP contribution < -0.4 is 5.73 Å². The predicted octanol–water partition coefficient (Wildman–Crippen LogP) is 1.80. The lowest BCUT2D eigenvalue weighted by Gasteiger charge is -1.89. The number of halogens is 1. The van der Waals surface area contributed by atoms with Crippen LogP contribution in [0.4, 0.5) is 5.82 Å². The molecule has 3 N–H and O–H groups in total. The highest BCUT2D eigenvalue weighted by Crippen LogP contribution is 2.21. The summed E-state index contributed by atoms with van der Waals surface area (Å²) in [5.41, 5.74) is 6.32. The van der Waals surface area contributed by atoms with Crippen LogP contribution in [-0.2, 0) is 0 Å². The Balaban J connectivity index is 2.90. The molecule has 11 heavy (non-hydrogen) atoms. The van der Waals surface area contributed by atoms with Gasteiger partial charge in [-0.15, -0.1) is 0 Å². The number of hydrogen-bond acceptors (Lipinski definition) is 2. The quantitative estimate of drug-likeness (QED) is 0.588. The molecule has 3 nitrogen and oxygen atoms in total. The Morgan fingerprint density at radius 1 is 1.55 bits per heavy atom. The number of H-pyrrole nitrogens is 1. The molecule has 2 aromatic heterocycles. The molecule has 0 saturated heterocycles. The molecule has 2 rings (SSSR count). The van der Waals surface area contributed by atoms with E-state index < -0.39 is 0 Å². The third kappa shape index (κ3) is 0.935. The van der Waals surface area contributed by atoms with E-state index in [2.05, 4.69) is 9.97 Å². The first kappa shape index (κ1) is 6.49. The average molecular weight is 168 g/mol. The Hall–Kier alpha value is -1.22. The van der Waals surface area contributed by atoms with Crippen LogP contribution in [0.3, 0.4) is 0 Å². The van der Waals surface area contributed by atoms with Crippen LogP contribution in [0, 0.1) is 0 Å². The molecule has 0 unspecified atom stereocenters. The Morgan fingerprint density at radius 2 is 2.36 bits per heavy atom. The van der Waals surface area contributed by atoms with Gasteiger partial charge in [0.15, 0.2) is 5.15 Å². The standard InChI is InChI=1S/C7H6ClN3/c8-7-6-4(1-2-10-7)3-5(9)11-6/h1-3,11H,9H2. The van der Waals surface area contributed by atoms with Gasteiger partial charge < -0.3 is 10.7 Å². The van der Waals surface area contributed by atoms with Gasteiger partial charge in [0.1, 0.15) is 5.82 Å². The summed E-state index contributed by atoms with van der Waals surface area (Å²) in [6.07, 6.45) is 1.65. The lowest BCUT2D eigenvalue weighted by Crippen LogP contribution is -1.81. The van der Waals surface area contributed by atoms with E-state index in [0.717, 1.165) is 10.9 Å². The third-order valence-electron chi connectivity index (χ3n) is 1.52. The minimum atomic E-state index is 0.458. The van der Waals surface area contributed by atoms with Crippen LogP contribution in [0.5, 0.6) is 0 Å². The second kappa shape index (κ2) is 2.13. The molecule has 0 bridgehead atoms. The maximum Gasteiger partial charge on any atom is 0.153 e. The van der Waals surface area contributed by atoms with Crippen molar-refractivity contribution in [2.45, 2.75) is 0 Å². The predicted molar refractivity (Wildman–Crippen MR) is 45.5 cm³/mol. The maximum atomic E-state index is 5.77. The summed E-state index contributed by atoms with van der Waals surface area (Å²) in [6, 6.07) is 3.68. The SMILES string of the molecule is Nc1cc2ccnc(Cl)c2[nH]1. The molecule has 0 aliphatic carbocycles. The van der Waals surface area contributed by atoms with Crippen molar-refractivity contribution >= 4 is 28.3 Å².